The normalized spacial score (nSPS) is 10.8. The Morgan fingerprint density at radius 2 is 1.85 bits per heavy atom. The summed E-state index contributed by atoms with van der Waals surface area (Å²) in [5.41, 5.74) is 0.694. The van der Waals surface area contributed by atoms with Gasteiger partial charge in [0, 0.05) is 11.7 Å². The standard InChI is InChI=1S/C24H26ClN5O2S/c1-3-18(4-2)30-22(16-32-21-13-9-8-12-20(21)25)27-28-24(30)33-17-23(31)29(15-14-26)19-10-6-5-7-11-19/h5-13,18H,3-4,15-17H2,1-2H3. The number of nitrogens with zero attached hydrogens (tertiary/aromatic N) is 5. The van der Waals surface area contributed by atoms with Crippen molar-refractivity contribution < 1.29 is 9.53 Å². The van der Waals surface area contributed by atoms with E-state index in [1.807, 2.05) is 53.1 Å². The second-order valence-corrected chi connectivity index (χ2v) is 8.57. The van der Waals surface area contributed by atoms with Gasteiger partial charge < -0.3 is 9.30 Å². The van der Waals surface area contributed by atoms with Crippen molar-refractivity contribution in [3.63, 3.8) is 0 Å². The average Bonchev–Trinajstić information content (AvgIpc) is 3.24. The summed E-state index contributed by atoms with van der Waals surface area (Å²) >= 11 is 7.52. The van der Waals surface area contributed by atoms with Crippen LogP contribution in [0.25, 0.3) is 0 Å². The molecule has 0 unspecified atom stereocenters. The fourth-order valence-electron chi connectivity index (χ4n) is 3.44. The topological polar surface area (TPSA) is 84.0 Å². The van der Waals surface area contributed by atoms with Crippen molar-refractivity contribution in [3.05, 3.63) is 65.4 Å². The molecule has 0 saturated heterocycles. The van der Waals surface area contributed by atoms with Gasteiger partial charge in [-0.15, -0.1) is 10.2 Å². The van der Waals surface area contributed by atoms with E-state index >= 15 is 0 Å². The molecule has 0 bridgehead atoms. The molecule has 9 heteroatoms. The van der Waals surface area contributed by atoms with Crippen molar-refractivity contribution in [1.29, 1.82) is 5.26 Å². The van der Waals surface area contributed by atoms with Gasteiger partial charge in [0.05, 0.1) is 16.8 Å². The fraction of sp³-hybridized carbons (Fsp3) is 0.333. The SMILES string of the molecule is CCC(CC)n1c(COc2ccccc2Cl)nnc1SCC(=O)N(CC#N)c1ccccc1. The number of thioether (sulfide) groups is 1. The van der Waals surface area contributed by atoms with Gasteiger partial charge in [0.25, 0.3) is 0 Å². The molecule has 0 aliphatic heterocycles. The smallest absolute Gasteiger partial charge is 0.238 e. The molecule has 172 valence electrons. The maximum Gasteiger partial charge on any atom is 0.238 e. The van der Waals surface area contributed by atoms with Crippen molar-refractivity contribution in [2.75, 3.05) is 17.2 Å². The van der Waals surface area contributed by atoms with Crippen LogP contribution in [0, 0.1) is 11.3 Å². The van der Waals surface area contributed by atoms with Crippen LogP contribution in [0.3, 0.4) is 0 Å². The quantitative estimate of drug-likeness (QED) is 0.263. The molecule has 0 aliphatic carbocycles. The lowest BCUT2D eigenvalue weighted by molar-refractivity contribution is -0.116. The summed E-state index contributed by atoms with van der Waals surface area (Å²) in [6, 6.07) is 18.7. The fourth-order valence-corrected chi connectivity index (χ4v) is 4.53. The van der Waals surface area contributed by atoms with E-state index in [0.717, 1.165) is 12.8 Å². The molecular weight excluding hydrogens is 458 g/mol. The highest BCUT2D eigenvalue weighted by molar-refractivity contribution is 7.99. The van der Waals surface area contributed by atoms with Crippen LogP contribution < -0.4 is 9.64 Å². The first kappa shape index (κ1) is 24.6. The number of nitriles is 1. The number of benzene rings is 2. The number of para-hydroxylation sites is 2. The summed E-state index contributed by atoms with van der Waals surface area (Å²) in [5.74, 6) is 1.23. The monoisotopic (exact) mass is 483 g/mol. The van der Waals surface area contributed by atoms with Crippen molar-refractivity contribution in [1.82, 2.24) is 14.8 Å². The van der Waals surface area contributed by atoms with Gasteiger partial charge in [-0.3, -0.25) is 9.69 Å². The first-order valence-electron chi connectivity index (χ1n) is 10.7. The number of rotatable bonds is 11. The lowest BCUT2D eigenvalue weighted by Gasteiger charge is -2.21. The summed E-state index contributed by atoms with van der Waals surface area (Å²) in [7, 11) is 0. The number of hydrogen-bond acceptors (Lipinski definition) is 6. The molecule has 1 amide bonds. The molecule has 0 radical (unpaired) electrons. The molecule has 0 atom stereocenters. The average molecular weight is 484 g/mol. The van der Waals surface area contributed by atoms with Crippen molar-refractivity contribution in [3.8, 4) is 11.8 Å². The molecule has 3 rings (SSSR count). The van der Waals surface area contributed by atoms with Gasteiger partial charge in [-0.2, -0.15) is 5.26 Å². The zero-order chi connectivity index (χ0) is 23.6. The van der Waals surface area contributed by atoms with Crippen LogP contribution in [0.5, 0.6) is 5.75 Å². The van der Waals surface area contributed by atoms with Crippen LogP contribution in [0.4, 0.5) is 5.69 Å². The minimum absolute atomic E-state index is 0.0143. The summed E-state index contributed by atoms with van der Waals surface area (Å²) < 4.78 is 7.94. The van der Waals surface area contributed by atoms with Crippen LogP contribution >= 0.6 is 23.4 Å². The molecule has 33 heavy (non-hydrogen) atoms. The van der Waals surface area contributed by atoms with Crippen molar-refractivity contribution in [2.24, 2.45) is 0 Å². The summed E-state index contributed by atoms with van der Waals surface area (Å²) in [5, 5.41) is 19.1. The van der Waals surface area contributed by atoms with Gasteiger partial charge in [0.2, 0.25) is 5.91 Å². The number of amides is 1. The van der Waals surface area contributed by atoms with Crippen LogP contribution in [0.15, 0.2) is 59.8 Å². The van der Waals surface area contributed by atoms with Crippen LogP contribution in [0.2, 0.25) is 5.02 Å². The lowest BCUT2D eigenvalue weighted by Crippen LogP contribution is -2.32. The second kappa shape index (κ2) is 12.3. The number of aromatic nitrogens is 3. The predicted octanol–water partition coefficient (Wildman–Crippen LogP) is 5.52. The first-order chi connectivity index (χ1) is 16.1. The Morgan fingerprint density at radius 1 is 1.15 bits per heavy atom. The molecule has 0 aliphatic rings. The molecule has 0 spiro atoms. The summed E-state index contributed by atoms with van der Waals surface area (Å²) in [4.78, 5) is 14.4. The number of anilines is 1. The number of carbonyl (C=O) groups excluding carboxylic acids is 1. The third-order valence-corrected chi connectivity index (χ3v) is 6.40. The highest BCUT2D eigenvalue weighted by Gasteiger charge is 2.22. The Kier molecular flexibility index (Phi) is 9.16. The van der Waals surface area contributed by atoms with Gasteiger partial charge >= 0.3 is 0 Å². The van der Waals surface area contributed by atoms with Gasteiger partial charge in [0.15, 0.2) is 11.0 Å². The van der Waals surface area contributed by atoms with E-state index in [4.69, 9.17) is 16.3 Å². The van der Waals surface area contributed by atoms with Crippen molar-refractivity contribution in [2.45, 2.75) is 44.5 Å². The van der Waals surface area contributed by atoms with Gasteiger partial charge in [0.1, 0.15) is 18.9 Å². The van der Waals surface area contributed by atoms with E-state index in [0.29, 0.717) is 27.4 Å². The molecule has 7 nitrogen and oxygen atoms in total. The maximum absolute atomic E-state index is 12.9. The first-order valence-corrected chi connectivity index (χ1v) is 12.1. The van der Waals surface area contributed by atoms with E-state index < -0.39 is 0 Å². The summed E-state index contributed by atoms with van der Waals surface area (Å²) in [6.07, 6.45) is 1.78. The molecule has 0 N–H and O–H groups in total. The minimum Gasteiger partial charge on any atom is -0.484 e. The highest BCUT2D eigenvalue weighted by atomic mass is 35.5. The molecule has 2 aromatic carbocycles. The van der Waals surface area contributed by atoms with Gasteiger partial charge in [-0.25, -0.2) is 0 Å². The largest absolute Gasteiger partial charge is 0.484 e. The van der Waals surface area contributed by atoms with E-state index in [1.165, 1.54) is 16.7 Å². The molecule has 0 saturated carbocycles. The molecular formula is C24H26ClN5O2S. The zero-order valence-electron chi connectivity index (χ0n) is 18.6. The predicted molar refractivity (Wildman–Crippen MR) is 131 cm³/mol. The number of carbonyl (C=O) groups is 1. The third-order valence-electron chi connectivity index (χ3n) is 5.16. The Balaban J connectivity index is 1.77. The number of halogens is 1. The summed E-state index contributed by atoms with van der Waals surface area (Å²) in [6.45, 7) is 4.42. The van der Waals surface area contributed by atoms with E-state index in [1.54, 1.807) is 6.07 Å². The third kappa shape index (κ3) is 6.28. The van der Waals surface area contributed by atoms with Crippen LogP contribution in [-0.2, 0) is 11.4 Å². The Morgan fingerprint density at radius 3 is 2.52 bits per heavy atom. The van der Waals surface area contributed by atoms with E-state index in [9.17, 15) is 10.1 Å². The lowest BCUT2D eigenvalue weighted by atomic mass is 10.2. The molecule has 1 heterocycles. The number of ether oxygens (including phenoxy) is 1. The molecule has 1 aromatic heterocycles. The Bertz CT molecular complexity index is 1100. The van der Waals surface area contributed by atoms with Gasteiger partial charge in [-0.05, 0) is 37.1 Å². The molecule has 0 fully saturated rings. The van der Waals surface area contributed by atoms with E-state index in [2.05, 4.69) is 30.1 Å². The Labute approximate surface area is 203 Å². The highest BCUT2D eigenvalue weighted by Crippen LogP contribution is 2.29. The Hall–Kier alpha value is -3.02. The second-order valence-electron chi connectivity index (χ2n) is 7.22. The van der Waals surface area contributed by atoms with Crippen LogP contribution in [-0.4, -0.2) is 33.0 Å². The van der Waals surface area contributed by atoms with Crippen LogP contribution in [0.1, 0.15) is 38.6 Å². The number of hydrogen-bond donors (Lipinski definition) is 0. The van der Waals surface area contributed by atoms with E-state index in [-0.39, 0.29) is 30.9 Å². The van der Waals surface area contributed by atoms with Gasteiger partial charge in [-0.1, -0.05) is 67.5 Å². The zero-order valence-corrected chi connectivity index (χ0v) is 20.2. The van der Waals surface area contributed by atoms with Crippen molar-refractivity contribution >= 4 is 35.0 Å². The molecule has 3 aromatic rings. The minimum atomic E-state index is -0.166. The maximum atomic E-state index is 12.9.